The number of carbonyl (C=O) groups excluding carboxylic acids is 1. The molecular weight excluding hydrogens is 450 g/mol. The Kier molecular flexibility index (Phi) is 7.28. The van der Waals surface area contributed by atoms with Gasteiger partial charge < -0.3 is 20.1 Å². The van der Waals surface area contributed by atoms with Crippen LogP contribution in [0.15, 0.2) is 71.3 Å². The van der Waals surface area contributed by atoms with Crippen LogP contribution in [-0.4, -0.2) is 48.3 Å². The number of amides is 2. The first-order valence-corrected chi connectivity index (χ1v) is 13.0. The number of para-hydroxylation sites is 1. The number of hydrogen-bond acceptors (Lipinski definition) is 5. The van der Waals surface area contributed by atoms with Gasteiger partial charge in [0.15, 0.2) is 5.76 Å². The Morgan fingerprint density at radius 2 is 1.72 bits per heavy atom. The van der Waals surface area contributed by atoms with E-state index in [-0.39, 0.29) is 17.5 Å². The highest BCUT2D eigenvalue weighted by Gasteiger charge is 2.48. The van der Waals surface area contributed by atoms with Crippen molar-refractivity contribution in [2.45, 2.75) is 45.8 Å². The highest BCUT2D eigenvalue weighted by Crippen LogP contribution is 2.47. The normalized spacial score (nSPS) is 21.6. The van der Waals surface area contributed by atoms with Crippen LogP contribution in [0.25, 0.3) is 0 Å². The standard InChI is InChI=1S/C29H37N5O2/c1-29(2)23(18-27(29)31-28(35)30-20-22-9-5-3-6-10-22)17-24-19-26(36-32-24)21-33-13-15-34(16-14-33)25-11-7-4-8-12-25/h3-12,19,23,27H,13-18,20-21H2,1-2H3,(H2,30,31,35)/t23-,27+/m1/s1. The van der Waals surface area contributed by atoms with Crippen LogP contribution in [0.5, 0.6) is 0 Å². The van der Waals surface area contributed by atoms with Crippen LogP contribution in [0.3, 0.4) is 0 Å². The van der Waals surface area contributed by atoms with Crippen LogP contribution >= 0.6 is 0 Å². The molecule has 1 aliphatic carbocycles. The van der Waals surface area contributed by atoms with E-state index in [2.05, 4.69) is 75.8 Å². The Balaban J connectivity index is 1.05. The van der Waals surface area contributed by atoms with Gasteiger partial charge in [0.25, 0.3) is 0 Å². The molecule has 36 heavy (non-hydrogen) atoms. The first-order valence-electron chi connectivity index (χ1n) is 13.0. The lowest BCUT2D eigenvalue weighted by molar-refractivity contribution is 0.0200. The number of nitrogens with zero attached hydrogens (tertiary/aromatic N) is 3. The zero-order chi connectivity index (χ0) is 25.0. The maximum atomic E-state index is 12.4. The maximum absolute atomic E-state index is 12.4. The van der Waals surface area contributed by atoms with Gasteiger partial charge in [0, 0.05) is 50.5 Å². The molecule has 1 saturated heterocycles. The number of rotatable bonds is 8. The van der Waals surface area contributed by atoms with Crippen molar-refractivity contribution in [3.63, 3.8) is 0 Å². The van der Waals surface area contributed by atoms with Crippen molar-refractivity contribution in [3.8, 4) is 0 Å². The Morgan fingerprint density at radius 3 is 2.42 bits per heavy atom. The largest absolute Gasteiger partial charge is 0.369 e. The topological polar surface area (TPSA) is 73.6 Å². The summed E-state index contributed by atoms with van der Waals surface area (Å²) in [6, 6.07) is 22.8. The minimum Gasteiger partial charge on any atom is -0.369 e. The van der Waals surface area contributed by atoms with Crippen molar-refractivity contribution >= 4 is 11.7 Å². The molecule has 2 amide bonds. The summed E-state index contributed by atoms with van der Waals surface area (Å²) in [5, 5.41) is 10.5. The minimum absolute atomic E-state index is 0.0109. The fourth-order valence-electron chi connectivity index (χ4n) is 5.40. The third-order valence-corrected chi connectivity index (χ3v) is 8.01. The van der Waals surface area contributed by atoms with Gasteiger partial charge in [-0.15, -0.1) is 0 Å². The molecular formula is C29H37N5O2. The van der Waals surface area contributed by atoms with Crippen molar-refractivity contribution < 1.29 is 9.32 Å². The first kappa shape index (κ1) is 24.4. The van der Waals surface area contributed by atoms with E-state index in [4.69, 9.17) is 4.52 Å². The Labute approximate surface area is 213 Å². The predicted octanol–water partition coefficient (Wildman–Crippen LogP) is 4.45. The summed E-state index contributed by atoms with van der Waals surface area (Å²) < 4.78 is 5.70. The van der Waals surface area contributed by atoms with Gasteiger partial charge in [-0.2, -0.15) is 0 Å². The summed E-state index contributed by atoms with van der Waals surface area (Å²) >= 11 is 0. The molecule has 1 aromatic heterocycles. The summed E-state index contributed by atoms with van der Waals surface area (Å²) in [7, 11) is 0. The van der Waals surface area contributed by atoms with E-state index in [1.165, 1.54) is 5.69 Å². The number of piperazine rings is 1. The third-order valence-electron chi connectivity index (χ3n) is 8.01. The third kappa shape index (κ3) is 5.73. The molecule has 2 heterocycles. The molecule has 7 heteroatoms. The predicted molar refractivity (Wildman–Crippen MR) is 142 cm³/mol. The second-order valence-electron chi connectivity index (χ2n) is 10.7. The molecule has 1 aliphatic heterocycles. The second kappa shape index (κ2) is 10.7. The highest BCUT2D eigenvalue weighted by molar-refractivity contribution is 5.74. The van der Waals surface area contributed by atoms with Gasteiger partial charge in [-0.3, -0.25) is 4.90 Å². The van der Waals surface area contributed by atoms with Crippen LogP contribution in [0.4, 0.5) is 10.5 Å². The van der Waals surface area contributed by atoms with E-state index in [1.807, 2.05) is 30.3 Å². The van der Waals surface area contributed by atoms with Gasteiger partial charge in [0.05, 0.1) is 12.2 Å². The van der Waals surface area contributed by atoms with Crippen molar-refractivity contribution in [1.82, 2.24) is 20.7 Å². The smallest absolute Gasteiger partial charge is 0.315 e. The van der Waals surface area contributed by atoms with E-state index < -0.39 is 0 Å². The lowest BCUT2D eigenvalue weighted by atomic mass is 9.57. The number of aromatic nitrogens is 1. The zero-order valence-corrected chi connectivity index (χ0v) is 21.3. The van der Waals surface area contributed by atoms with Gasteiger partial charge in [-0.1, -0.05) is 67.5 Å². The summed E-state index contributed by atoms with van der Waals surface area (Å²) in [6.07, 6.45) is 1.83. The minimum atomic E-state index is -0.105. The number of benzene rings is 2. The monoisotopic (exact) mass is 487 g/mol. The second-order valence-corrected chi connectivity index (χ2v) is 10.7. The lowest BCUT2D eigenvalue weighted by Gasteiger charge is -2.52. The Morgan fingerprint density at radius 1 is 1.03 bits per heavy atom. The first-order chi connectivity index (χ1) is 17.5. The molecule has 0 unspecified atom stereocenters. The van der Waals surface area contributed by atoms with Crippen LogP contribution in [-0.2, 0) is 19.5 Å². The molecule has 2 atom stereocenters. The van der Waals surface area contributed by atoms with Gasteiger partial charge in [0.2, 0.25) is 0 Å². The van der Waals surface area contributed by atoms with Crippen molar-refractivity contribution in [2.24, 2.45) is 11.3 Å². The fourth-order valence-corrected chi connectivity index (χ4v) is 5.40. The number of nitrogens with one attached hydrogen (secondary N) is 2. The lowest BCUT2D eigenvalue weighted by Crippen LogP contribution is -2.60. The van der Waals surface area contributed by atoms with Gasteiger partial charge in [0.1, 0.15) is 0 Å². The molecule has 0 bridgehead atoms. The van der Waals surface area contributed by atoms with E-state index >= 15 is 0 Å². The van der Waals surface area contributed by atoms with E-state index in [0.717, 1.165) is 62.6 Å². The summed E-state index contributed by atoms with van der Waals surface area (Å²) in [6.45, 7) is 9.87. The van der Waals surface area contributed by atoms with Crippen LogP contribution in [0, 0.1) is 11.3 Å². The van der Waals surface area contributed by atoms with Crippen LogP contribution < -0.4 is 15.5 Å². The van der Waals surface area contributed by atoms with Crippen molar-refractivity contribution in [3.05, 3.63) is 83.7 Å². The van der Waals surface area contributed by atoms with Crippen LogP contribution in [0.2, 0.25) is 0 Å². The highest BCUT2D eigenvalue weighted by atomic mass is 16.5. The molecule has 7 nitrogen and oxygen atoms in total. The summed E-state index contributed by atoms with van der Waals surface area (Å²) in [4.78, 5) is 17.3. The van der Waals surface area contributed by atoms with Gasteiger partial charge in [-0.05, 0) is 41.9 Å². The molecule has 2 N–H and O–H groups in total. The van der Waals surface area contributed by atoms with E-state index in [1.54, 1.807) is 0 Å². The van der Waals surface area contributed by atoms with Crippen LogP contribution in [0.1, 0.15) is 37.3 Å². The van der Waals surface area contributed by atoms with Gasteiger partial charge >= 0.3 is 6.03 Å². The average Bonchev–Trinajstić information content (AvgIpc) is 3.35. The van der Waals surface area contributed by atoms with E-state index in [9.17, 15) is 4.79 Å². The molecule has 3 aromatic rings. The number of carbonyl (C=O) groups is 1. The molecule has 1 saturated carbocycles. The van der Waals surface area contributed by atoms with Crippen molar-refractivity contribution in [1.29, 1.82) is 0 Å². The average molecular weight is 488 g/mol. The fraction of sp³-hybridized carbons (Fsp3) is 0.448. The number of hydrogen-bond donors (Lipinski definition) is 2. The van der Waals surface area contributed by atoms with Gasteiger partial charge in [-0.25, -0.2) is 4.79 Å². The molecule has 2 aliphatic rings. The zero-order valence-electron chi connectivity index (χ0n) is 21.3. The Bertz CT molecular complexity index is 1120. The molecule has 0 radical (unpaired) electrons. The summed E-state index contributed by atoms with van der Waals surface area (Å²) in [5.74, 6) is 1.40. The summed E-state index contributed by atoms with van der Waals surface area (Å²) in [5.41, 5.74) is 3.41. The molecule has 5 rings (SSSR count). The number of urea groups is 1. The quantitative estimate of drug-likeness (QED) is 0.491. The van der Waals surface area contributed by atoms with Crippen molar-refractivity contribution in [2.75, 3.05) is 31.1 Å². The number of anilines is 1. The molecule has 2 aromatic carbocycles. The SMILES string of the molecule is CC1(C)[C@H](Cc2cc(CN3CCN(c4ccccc4)CC3)on2)C[C@@H]1NC(=O)NCc1ccccc1. The Hall–Kier alpha value is -3.32. The molecule has 190 valence electrons. The van der Waals surface area contributed by atoms with E-state index in [0.29, 0.717) is 12.5 Å². The molecule has 0 spiro atoms. The maximum Gasteiger partial charge on any atom is 0.315 e. The molecule has 2 fully saturated rings.